The van der Waals surface area contributed by atoms with Gasteiger partial charge < -0.3 is 10.0 Å². The summed E-state index contributed by atoms with van der Waals surface area (Å²) >= 11 is 0. The molecule has 0 amide bonds. The van der Waals surface area contributed by atoms with Crippen LogP contribution < -0.4 is 0 Å². The molecule has 1 fully saturated rings. The van der Waals surface area contributed by atoms with Gasteiger partial charge in [0.15, 0.2) is 0 Å². The second kappa shape index (κ2) is 4.34. The highest BCUT2D eigenvalue weighted by Crippen LogP contribution is 2.16. The van der Waals surface area contributed by atoms with Gasteiger partial charge in [-0.1, -0.05) is 12.1 Å². The Morgan fingerprint density at radius 3 is 2.60 bits per heavy atom. The summed E-state index contributed by atoms with van der Waals surface area (Å²) in [6.07, 6.45) is 3.60. The molecule has 1 heterocycles. The molecule has 3 nitrogen and oxygen atoms in total. The highest BCUT2D eigenvalue weighted by atomic mass is 16.3. The Bertz CT molecular complexity index is 356. The minimum Gasteiger partial charge on any atom is -0.508 e. The highest BCUT2D eigenvalue weighted by Gasteiger charge is 2.14. The molecule has 1 aliphatic rings. The van der Waals surface area contributed by atoms with E-state index in [4.69, 9.17) is 5.41 Å². The molecule has 2 N–H and O–H groups in total. The van der Waals surface area contributed by atoms with Gasteiger partial charge in [0.2, 0.25) is 0 Å². The average Bonchev–Trinajstić information content (AvgIpc) is 2.29. The zero-order valence-corrected chi connectivity index (χ0v) is 8.74. The third kappa shape index (κ3) is 2.29. The van der Waals surface area contributed by atoms with Crippen molar-refractivity contribution in [3.05, 3.63) is 29.8 Å². The highest BCUT2D eigenvalue weighted by molar-refractivity contribution is 5.96. The van der Waals surface area contributed by atoms with Crippen LogP contribution in [0.2, 0.25) is 0 Å². The fourth-order valence-electron chi connectivity index (χ4n) is 1.95. The van der Waals surface area contributed by atoms with Crippen molar-refractivity contribution in [1.29, 1.82) is 5.41 Å². The van der Waals surface area contributed by atoms with E-state index in [-0.39, 0.29) is 5.75 Å². The maximum absolute atomic E-state index is 9.35. The summed E-state index contributed by atoms with van der Waals surface area (Å²) in [7, 11) is 0. The number of benzene rings is 1. The molecule has 0 aliphatic carbocycles. The minimum absolute atomic E-state index is 0.231. The monoisotopic (exact) mass is 204 g/mol. The van der Waals surface area contributed by atoms with Crippen molar-refractivity contribution in [3.8, 4) is 5.75 Å². The van der Waals surface area contributed by atoms with Gasteiger partial charge in [0.05, 0.1) is 0 Å². The molecule has 0 bridgehead atoms. The van der Waals surface area contributed by atoms with E-state index in [1.54, 1.807) is 18.2 Å². The van der Waals surface area contributed by atoms with Gasteiger partial charge in [-0.2, -0.15) is 0 Å². The number of phenols is 1. The summed E-state index contributed by atoms with van der Waals surface area (Å²) in [6, 6.07) is 6.93. The molecule has 1 aromatic carbocycles. The quantitative estimate of drug-likeness (QED) is 0.544. The van der Waals surface area contributed by atoms with Gasteiger partial charge in [0, 0.05) is 18.7 Å². The molecule has 80 valence electrons. The van der Waals surface area contributed by atoms with E-state index in [1.807, 2.05) is 6.07 Å². The lowest BCUT2D eigenvalue weighted by molar-refractivity contribution is 0.341. The average molecular weight is 204 g/mol. The number of rotatable bonds is 1. The van der Waals surface area contributed by atoms with Crippen LogP contribution in [0.4, 0.5) is 0 Å². The van der Waals surface area contributed by atoms with Crippen LogP contribution in [-0.4, -0.2) is 28.9 Å². The van der Waals surface area contributed by atoms with Crippen molar-refractivity contribution in [1.82, 2.24) is 4.90 Å². The normalized spacial score (nSPS) is 16.4. The molecule has 0 unspecified atom stereocenters. The molecule has 1 aliphatic heterocycles. The lowest BCUT2D eigenvalue weighted by Gasteiger charge is -2.29. The van der Waals surface area contributed by atoms with Gasteiger partial charge in [-0.3, -0.25) is 5.41 Å². The molecule has 2 rings (SSSR count). The van der Waals surface area contributed by atoms with Crippen LogP contribution in [0.15, 0.2) is 24.3 Å². The Hall–Kier alpha value is -1.51. The first kappa shape index (κ1) is 10.0. The van der Waals surface area contributed by atoms with Crippen LogP contribution in [0.5, 0.6) is 5.75 Å². The van der Waals surface area contributed by atoms with Crippen molar-refractivity contribution in [2.24, 2.45) is 0 Å². The number of amidine groups is 1. The number of nitrogens with zero attached hydrogens (tertiary/aromatic N) is 1. The van der Waals surface area contributed by atoms with E-state index < -0.39 is 0 Å². The summed E-state index contributed by atoms with van der Waals surface area (Å²) < 4.78 is 0. The van der Waals surface area contributed by atoms with Crippen LogP contribution >= 0.6 is 0 Å². The van der Waals surface area contributed by atoms with E-state index in [0.29, 0.717) is 5.84 Å². The van der Waals surface area contributed by atoms with Crippen LogP contribution in [0.1, 0.15) is 24.8 Å². The van der Waals surface area contributed by atoms with Crippen LogP contribution in [0.3, 0.4) is 0 Å². The van der Waals surface area contributed by atoms with E-state index in [9.17, 15) is 5.11 Å². The van der Waals surface area contributed by atoms with E-state index in [2.05, 4.69) is 4.90 Å². The molecule has 0 saturated carbocycles. The Balaban J connectivity index is 2.12. The first-order valence-electron chi connectivity index (χ1n) is 5.40. The molecule has 0 atom stereocenters. The molecule has 0 radical (unpaired) electrons. The minimum atomic E-state index is 0.231. The molecule has 3 heteroatoms. The molecule has 0 aromatic heterocycles. The smallest absolute Gasteiger partial charge is 0.128 e. The van der Waals surface area contributed by atoms with Gasteiger partial charge in [-0.15, -0.1) is 0 Å². The topological polar surface area (TPSA) is 47.3 Å². The number of phenolic OH excluding ortho intramolecular Hbond substituents is 1. The summed E-state index contributed by atoms with van der Waals surface area (Å²) in [5.41, 5.74) is 0.803. The SMILES string of the molecule is N=C(c1cccc(O)c1)N1CCCCC1. The van der Waals surface area contributed by atoms with Crippen LogP contribution in [0, 0.1) is 5.41 Å². The summed E-state index contributed by atoms with van der Waals surface area (Å²) in [5.74, 6) is 0.764. The number of hydrogen-bond acceptors (Lipinski definition) is 2. The van der Waals surface area contributed by atoms with E-state index >= 15 is 0 Å². The Labute approximate surface area is 89.9 Å². The number of hydrogen-bond donors (Lipinski definition) is 2. The van der Waals surface area contributed by atoms with Gasteiger partial charge in [0.1, 0.15) is 11.6 Å². The van der Waals surface area contributed by atoms with Crippen LogP contribution in [-0.2, 0) is 0 Å². The zero-order chi connectivity index (χ0) is 10.7. The van der Waals surface area contributed by atoms with Gasteiger partial charge in [-0.05, 0) is 31.4 Å². The molecular formula is C12H16N2O. The second-order valence-corrected chi connectivity index (χ2v) is 3.95. The Morgan fingerprint density at radius 2 is 1.93 bits per heavy atom. The maximum atomic E-state index is 9.35. The Kier molecular flexibility index (Phi) is 2.90. The molecular weight excluding hydrogens is 188 g/mol. The van der Waals surface area contributed by atoms with Crippen LogP contribution in [0.25, 0.3) is 0 Å². The number of likely N-dealkylation sites (tertiary alicyclic amines) is 1. The second-order valence-electron chi connectivity index (χ2n) is 3.95. The van der Waals surface area contributed by atoms with Crippen molar-refractivity contribution in [3.63, 3.8) is 0 Å². The summed E-state index contributed by atoms with van der Waals surface area (Å²) in [5, 5.41) is 17.4. The van der Waals surface area contributed by atoms with Gasteiger partial charge >= 0.3 is 0 Å². The summed E-state index contributed by atoms with van der Waals surface area (Å²) in [4.78, 5) is 2.08. The number of aromatic hydroxyl groups is 1. The van der Waals surface area contributed by atoms with Crippen molar-refractivity contribution >= 4 is 5.84 Å². The van der Waals surface area contributed by atoms with Gasteiger partial charge in [-0.25, -0.2) is 0 Å². The fourth-order valence-corrected chi connectivity index (χ4v) is 1.95. The molecule has 1 aromatic rings. The lowest BCUT2D eigenvalue weighted by Crippen LogP contribution is -2.35. The molecule has 15 heavy (non-hydrogen) atoms. The van der Waals surface area contributed by atoms with Crippen molar-refractivity contribution in [2.75, 3.05) is 13.1 Å². The number of piperidine rings is 1. The molecule has 0 spiro atoms. The lowest BCUT2D eigenvalue weighted by atomic mass is 10.1. The molecule has 1 saturated heterocycles. The third-order valence-corrected chi connectivity index (χ3v) is 2.79. The van der Waals surface area contributed by atoms with E-state index in [1.165, 1.54) is 19.3 Å². The van der Waals surface area contributed by atoms with Crippen molar-refractivity contribution < 1.29 is 5.11 Å². The van der Waals surface area contributed by atoms with E-state index in [0.717, 1.165) is 18.7 Å². The first-order valence-corrected chi connectivity index (χ1v) is 5.40. The predicted molar refractivity (Wildman–Crippen MR) is 60.4 cm³/mol. The fraction of sp³-hybridized carbons (Fsp3) is 0.417. The van der Waals surface area contributed by atoms with Crippen molar-refractivity contribution in [2.45, 2.75) is 19.3 Å². The summed E-state index contributed by atoms with van der Waals surface area (Å²) in [6.45, 7) is 1.93. The maximum Gasteiger partial charge on any atom is 0.128 e. The number of nitrogens with one attached hydrogen (secondary N) is 1. The third-order valence-electron chi connectivity index (χ3n) is 2.79. The van der Waals surface area contributed by atoms with Gasteiger partial charge in [0.25, 0.3) is 0 Å². The predicted octanol–water partition coefficient (Wildman–Crippen LogP) is 2.20. The Morgan fingerprint density at radius 1 is 1.20 bits per heavy atom. The zero-order valence-electron chi connectivity index (χ0n) is 8.74. The standard InChI is InChI=1S/C12H16N2O/c13-12(14-7-2-1-3-8-14)10-5-4-6-11(15)9-10/h4-6,9,13,15H,1-3,7-8H2. The first-order chi connectivity index (χ1) is 7.27. The largest absolute Gasteiger partial charge is 0.508 e.